The van der Waals surface area contributed by atoms with Crippen LogP contribution in [0, 0.1) is 5.92 Å². The number of aryl methyl sites for hydroxylation is 1. The van der Waals surface area contributed by atoms with Crippen molar-refractivity contribution in [1.29, 1.82) is 0 Å². The fraction of sp³-hybridized carbons (Fsp3) is 0.533. The smallest absolute Gasteiger partial charge is 0.245 e. The summed E-state index contributed by atoms with van der Waals surface area (Å²) in [6.45, 7) is 5.51. The van der Waals surface area contributed by atoms with Crippen LogP contribution >= 0.6 is 0 Å². The Morgan fingerprint density at radius 1 is 1.42 bits per heavy atom. The molecule has 104 valence electrons. The van der Waals surface area contributed by atoms with E-state index in [1.807, 2.05) is 23.1 Å². The molecule has 1 aliphatic heterocycles. The molecule has 0 spiro atoms. The zero-order chi connectivity index (χ0) is 13.8. The van der Waals surface area contributed by atoms with Gasteiger partial charge in [0.25, 0.3) is 0 Å². The number of nitrogens with one attached hydrogen (secondary N) is 1. The SMILES string of the molecule is CCc1ccccc1N1CC(C)CNC(=O)C1CO. The van der Waals surface area contributed by atoms with E-state index in [2.05, 4.69) is 25.2 Å². The second-order valence-corrected chi connectivity index (χ2v) is 5.18. The molecule has 1 heterocycles. The second kappa shape index (κ2) is 6.06. The van der Waals surface area contributed by atoms with Crippen LogP contribution < -0.4 is 10.2 Å². The van der Waals surface area contributed by atoms with Crippen LogP contribution in [0.3, 0.4) is 0 Å². The Kier molecular flexibility index (Phi) is 4.43. The standard InChI is InChI=1S/C15H22N2O2/c1-3-12-6-4-5-7-13(12)17-9-11(2)8-16-15(19)14(17)10-18/h4-7,11,14,18H,3,8-10H2,1-2H3,(H,16,19). The molecule has 1 aromatic rings. The van der Waals surface area contributed by atoms with E-state index in [0.29, 0.717) is 12.5 Å². The number of carbonyl (C=O) groups excluding carboxylic acids is 1. The van der Waals surface area contributed by atoms with E-state index in [1.165, 1.54) is 5.56 Å². The van der Waals surface area contributed by atoms with Gasteiger partial charge in [0.05, 0.1) is 6.61 Å². The Labute approximate surface area is 114 Å². The Morgan fingerprint density at radius 3 is 2.84 bits per heavy atom. The van der Waals surface area contributed by atoms with E-state index >= 15 is 0 Å². The maximum atomic E-state index is 12.1. The first-order chi connectivity index (χ1) is 9.17. The van der Waals surface area contributed by atoms with Gasteiger partial charge in [0.15, 0.2) is 0 Å². The van der Waals surface area contributed by atoms with Crippen LogP contribution in [-0.2, 0) is 11.2 Å². The van der Waals surface area contributed by atoms with Gasteiger partial charge in [-0.1, -0.05) is 32.0 Å². The van der Waals surface area contributed by atoms with Gasteiger partial charge in [0.2, 0.25) is 5.91 Å². The molecule has 4 nitrogen and oxygen atoms in total. The average Bonchev–Trinajstić information content (AvgIpc) is 2.58. The quantitative estimate of drug-likeness (QED) is 0.860. The van der Waals surface area contributed by atoms with Gasteiger partial charge in [-0.2, -0.15) is 0 Å². The highest BCUT2D eigenvalue weighted by Gasteiger charge is 2.30. The third-order valence-electron chi connectivity index (χ3n) is 3.67. The van der Waals surface area contributed by atoms with Gasteiger partial charge in [0.1, 0.15) is 6.04 Å². The van der Waals surface area contributed by atoms with Crippen LogP contribution in [0.25, 0.3) is 0 Å². The molecule has 2 rings (SSSR count). The van der Waals surface area contributed by atoms with Crippen molar-refractivity contribution in [1.82, 2.24) is 5.32 Å². The maximum Gasteiger partial charge on any atom is 0.245 e. The minimum Gasteiger partial charge on any atom is -0.394 e. The molecule has 2 unspecified atom stereocenters. The number of aliphatic hydroxyl groups is 1. The number of carbonyl (C=O) groups is 1. The molecule has 1 saturated heterocycles. The van der Waals surface area contributed by atoms with Gasteiger partial charge in [-0.25, -0.2) is 0 Å². The summed E-state index contributed by atoms with van der Waals surface area (Å²) in [5, 5.41) is 12.5. The highest BCUT2D eigenvalue weighted by atomic mass is 16.3. The third-order valence-corrected chi connectivity index (χ3v) is 3.67. The lowest BCUT2D eigenvalue weighted by Gasteiger charge is -2.32. The molecule has 19 heavy (non-hydrogen) atoms. The van der Waals surface area contributed by atoms with Crippen molar-refractivity contribution in [2.75, 3.05) is 24.6 Å². The van der Waals surface area contributed by atoms with Crippen LogP contribution in [0.15, 0.2) is 24.3 Å². The van der Waals surface area contributed by atoms with Crippen LogP contribution in [-0.4, -0.2) is 36.8 Å². The van der Waals surface area contributed by atoms with Crippen molar-refractivity contribution in [3.8, 4) is 0 Å². The van der Waals surface area contributed by atoms with Crippen molar-refractivity contribution in [2.24, 2.45) is 5.92 Å². The molecule has 1 fully saturated rings. The van der Waals surface area contributed by atoms with Gasteiger partial charge in [-0.05, 0) is 24.0 Å². The minimum absolute atomic E-state index is 0.0854. The lowest BCUT2D eigenvalue weighted by Crippen LogP contribution is -2.47. The topological polar surface area (TPSA) is 52.6 Å². The fourth-order valence-corrected chi connectivity index (χ4v) is 2.60. The van der Waals surface area contributed by atoms with E-state index in [0.717, 1.165) is 18.7 Å². The Bertz CT molecular complexity index is 448. The Hall–Kier alpha value is -1.55. The highest BCUT2D eigenvalue weighted by Crippen LogP contribution is 2.25. The minimum atomic E-state index is -0.488. The van der Waals surface area contributed by atoms with Crippen molar-refractivity contribution < 1.29 is 9.90 Å². The van der Waals surface area contributed by atoms with Gasteiger partial charge < -0.3 is 15.3 Å². The van der Waals surface area contributed by atoms with Gasteiger partial charge in [0, 0.05) is 18.8 Å². The summed E-state index contributed by atoms with van der Waals surface area (Å²) in [6, 6.07) is 7.62. The number of nitrogens with zero attached hydrogens (tertiary/aromatic N) is 1. The van der Waals surface area contributed by atoms with Crippen molar-refractivity contribution in [3.05, 3.63) is 29.8 Å². The third kappa shape index (κ3) is 2.89. The molecule has 2 N–H and O–H groups in total. The molecular formula is C15H22N2O2. The molecule has 0 aliphatic carbocycles. The van der Waals surface area contributed by atoms with E-state index in [-0.39, 0.29) is 12.5 Å². The molecular weight excluding hydrogens is 240 g/mol. The lowest BCUT2D eigenvalue weighted by atomic mass is 10.1. The monoisotopic (exact) mass is 262 g/mol. The van der Waals surface area contributed by atoms with Gasteiger partial charge >= 0.3 is 0 Å². The van der Waals surface area contributed by atoms with E-state index in [9.17, 15) is 9.90 Å². The molecule has 2 atom stereocenters. The summed E-state index contributed by atoms with van der Waals surface area (Å²) >= 11 is 0. The van der Waals surface area contributed by atoms with Gasteiger partial charge in [-0.3, -0.25) is 4.79 Å². The zero-order valence-corrected chi connectivity index (χ0v) is 11.6. The van der Waals surface area contributed by atoms with Crippen LogP contribution in [0.4, 0.5) is 5.69 Å². The summed E-state index contributed by atoms with van der Waals surface area (Å²) < 4.78 is 0. The molecule has 0 aromatic heterocycles. The van der Waals surface area contributed by atoms with E-state index in [1.54, 1.807) is 0 Å². The number of amides is 1. The molecule has 0 bridgehead atoms. The number of para-hydroxylation sites is 1. The molecule has 0 radical (unpaired) electrons. The number of benzene rings is 1. The van der Waals surface area contributed by atoms with E-state index < -0.39 is 6.04 Å². The van der Waals surface area contributed by atoms with Crippen molar-refractivity contribution >= 4 is 11.6 Å². The first-order valence-corrected chi connectivity index (χ1v) is 6.90. The van der Waals surface area contributed by atoms with Crippen LogP contribution in [0.2, 0.25) is 0 Å². The number of aliphatic hydroxyl groups excluding tert-OH is 1. The predicted molar refractivity (Wildman–Crippen MR) is 76.2 cm³/mol. The van der Waals surface area contributed by atoms with E-state index in [4.69, 9.17) is 0 Å². The fourth-order valence-electron chi connectivity index (χ4n) is 2.60. The summed E-state index contributed by atoms with van der Waals surface area (Å²) in [5.41, 5.74) is 2.27. The largest absolute Gasteiger partial charge is 0.394 e. The maximum absolute atomic E-state index is 12.1. The zero-order valence-electron chi connectivity index (χ0n) is 11.6. The first-order valence-electron chi connectivity index (χ1n) is 6.90. The average molecular weight is 262 g/mol. The van der Waals surface area contributed by atoms with Crippen molar-refractivity contribution in [3.63, 3.8) is 0 Å². The van der Waals surface area contributed by atoms with Crippen LogP contribution in [0.5, 0.6) is 0 Å². The summed E-state index contributed by atoms with van der Waals surface area (Å²) in [7, 11) is 0. The molecule has 1 aliphatic rings. The lowest BCUT2D eigenvalue weighted by molar-refractivity contribution is -0.122. The van der Waals surface area contributed by atoms with Crippen molar-refractivity contribution in [2.45, 2.75) is 26.3 Å². The number of anilines is 1. The molecule has 0 saturated carbocycles. The number of rotatable bonds is 3. The predicted octanol–water partition coefficient (Wildman–Crippen LogP) is 1.18. The van der Waals surface area contributed by atoms with Crippen LogP contribution in [0.1, 0.15) is 19.4 Å². The summed E-state index contributed by atoms with van der Waals surface area (Å²) in [4.78, 5) is 14.1. The summed E-state index contributed by atoms with van der Waals surface area (Å²) in [6.07, 6.45) is 0.917. The van der Waals surface area contributed by atoms with Gasteiger partial charge in [-0.15, -0.1) is 0 Å². The molecule has 1 aromatic carbocycles. The Balaban J connectivity index is 2.39. The highest BCUT2D eigenvalue weighted by molar-refractivity contribution is 5.86. The summed E-state index contributed by atoms with van der Waals surface area (Å²) in [5.74, 6) is 0.281. The molecule has 1 amide bonds. The number of hydrogen-bond donors (Lipinski definition) is 2. The normalized spacial score (nSPS) is 23.9. The second-order valence-electron chi connectivity index (χ2n) is 5.18. The molecule has 4 heteroatoms. The Morgan fingerprint density at radius 2 is 2.16 bits per heavy atom. The number of hydrogen-bond acceptors (Lipinski definition) is 3. The first kappa shape index (κ1) is 13.9.